The second-order valence-corrected chi connectivity index (χ2v) is 19.1. The molecule has 0 saturated carbocycles. The van der Waals surface area contributed by atoms with Crippen molar-refractivity contribution in [3.05, 3.63) is 77.1 Å². The molecule has 0 aliphatic carbocycles. The third-order valence-corrected chi connectivity index (χ3v) is 11.8. The number of anilines is 2. The smallest absolute Gasteiger partial charge is 0.228 e. The highest BCUT2D eigenvalue weighted by atomic mass is 35.5. The third kappa shape index (κ3) is 12.1. The fourth-order valence-electron chi connectivity index (χ4n) is 9.83. The first kappa shape index (κ1) is 43.3. The first-order valence-electron chi connectivity index (χ1n) is 20.9. The Bertz CT molecular complexity index is 1470. The number of hydrogen-bond acceptors (Lipinski definition) is 9. The number of piperidine rings is 2. The predicted molar refractivity (Wildman–Crippen MR) is 227 cm³/mol. The Morgan fingerprint density at radius 2 is 0.927 bits per heavy atom. The van der Waals surface area contributed by atoms with Crippen LogP contribution in [0.2, 0.25) is 5.28 Å². The fourth-order valence-corrected chi connectivity index (χ4v) is 9.99. The van der Waals surface area contributed by atoms with E-state index in [0.717, 1.165) is 64.5 Å². The van der Waals surface area contributed by atoms with Gasteiger partial charge < -0.3 is 10.6 Å². The molecule has 2 saturated heterocycles. The average molecular weight is 777 g/mol. The van der Waals surface area contributed by atoms with Crippen LogP contribution < -0.4 is 10.6 Å². The summed E-state index contributed by atoms with van der Waals surface area (Å²) < 4.78 is 0. The Morgan fingerprint density at radius 1 is 0.582 bits per heavy atom. The van der Waals surface area contributed by atoms with Gasteiger partial charge in [0.05, 0.1) is 0 Å². The number of hydrogen-bond donors (Lipinski definition) is 2. The van der Waals surface area contributed by atoms with E-state index in [4.69, 9.17) is 21.3 Å². The number of nitrogens with zero attached hydrogens (tertiary/aromatic N) is 5. The Morgan fingerprint density at radius 3 is 1.27 bits per heavy atom. The Hall–Kier alpha value is -2.82. The van der Waals surface area contributed by atoms with E-state index in [2.05, 4.69) is 166 Å². The zero-order valence-corrected chi connectivity index (χ0v) is 36.3. The van der Waals surface area contributed by atoms with Gasteiger partial charge >= 0.3 is 0 Å². The first-order chi connectivity index (χ1) is 25.9. The molecule has 0 spiro atoms. The van der Waals surface area contributed by atoms with Crippen LogP contribution in [-0.2, 0) is 9.68 Å². The molecule has 2 aromatic carbocycles. The van der Waals surface area contributed by atoms with Crippen LogP contribution in [-0.4, -0.2) is 60.3 Å². The molecule has 9 nitrogen and oxygen atoms in total. The molecule has 0 bridgehead atoms. The van der Waals surface area contributed by atoms with E-state index in [1.54, 1.807) is 0 Å². The molecular formula is C45H70ClN7O2. The molecule has 1 aromatic heterocycles. The highest BCUT2D eigenvalue weighted by Crippen LogP contribution is 2.46. The van der Waals surface area contributed by atoms with Crippen molar-refractivity contribution in [2.45, 2.75) is 168 Å². The maximum absolute atomic E-state index is 6.65. The van der Waals surface area contributed by atoms with Gasteiger partial charge in [0.1, 0.15) is 12.2 Å². The SMILES string of the molecule is CC(ON1C(C)(C)CC(CCCCNc2nc(Cl)nc(NCCCCC3CC(C)(C)N(OC(C)c4ccccc4)C(C)(C)C3)n2)CC1(C)C)c1ccccc1. The van der Waals surface area contributed by atoms with E-state index >= 15 is 0 Å². The van der Waals surface area contributed by atoms with Gasteiger partial charge in [0.25, 0.3) is 0 Å². The van der Waals surface area contributed by atoms with E-state index in [1.807, 2.05) is 0 Å². The van der Waals surface area contributed by atoms with E-state index < -0.39 is 0 Å². The summed E-state index contributed by atoms with van der Waals surface area (Å²) in [5.41, 5.74) is 2.20. The Balaban J connectivity index is 0.999. The summed E-state index contributed by atoms with van der Waals surface area (Å²) in [7, 11) is 0. The lowest BCUT2D eigenvalue weighted by atomic mass is 9.73. The van der Waals surface area contributed by atoms with Crippen LogP contribution in [0.25, 0.3) is 0 Å². The van der Waals surface area contributed by atoms with Crippen molar-refractivity contribution in [3.8, 4) is 0 Å². The topological polar surface area (TPSA) is 87.7 Å². The molecule has 0 amide bonds. The highest BCUT2D eigenvalue weighted by molar-refractivity contribution is 6.28. The van der Waals surface area contributed by atoms with Crippen LogP contribution >= 0.6 is 11.6 Å². The standard InChI is InChI=1S/C45H70ClN7O2/c1-33(37-23-13-11-14-24-37)54-52-42(3,4)29-35(30-43(52,5)6)21-17-19-27-47-40-49-39(46)50-41(51-40)48-28-20-18-22-36-31-44(7,8)53(45(9,10)32-36)55-34(2)38-25-15-12-16-26-38/h11-16,23-26,33-36H,17-22,27-32H2,1-10H3,(H2,47,48,49,50,51). The molecule has 0 radical (unpaired) electrons. The van der Waals surface area contributed by atoms with E-state index in [9.17, 15) is 0 Å². The normalized spacial score (nSPS) is 21.2. The number of nitrogens with one attached hydrogen (secondary N) is 2. The maximum Gasteiger partial charge on any atom is 0.228 e. The average Bonchev–Trinajstić information content (AvgIpc) is 3.11. The summed E-state index contributed by atoms with van der Waals surface area (Å²) in [4.78, 5) is 26.6. The molecule has 3 aromatic rings. The van der Waals surface area contributed by atoms with Gasteiger partial charge in [-0.05, 0) is 142 Å². The number of rotatable bonds is 18. The van der Waals surface area contributed by atoms with Crippen LogP contribution in [0.3, 0.4) is 0 Å². The van der Waals surface area contributed by atoms with E-state index in [-0.39, 0.29) is 39.6 Å². The number of unbranched alkanes of at least 4 members (excludes halogenated alkanes) is 2. The molecule has 3 heterocycles. The molecule has 2 N–H and O–H groups in total. The van der Waals surface area contributed by atoms with Crippen LogP contribution in [0.15, 0.2) is 60.7 Å². The van der Waals surface area contributed by atoms with Gasteiger partial charge in [-0.25, -0.2) is 0 Å². The number of hydroxylamine groups is 4. The molecular weight excluding hydrogens is 706 g/mol. The molecule has 2 atom stereocenters. The van der Waals surface area contributed by atoms with Crippen molar-refractivity contribution in [3.63, 3.8) is 0 Å². The summed E-state index contributed by atoms with van der Waals surface area (Å²) in [5.74, 6) is 2.35. The summed E-state index contributed by atoms with van der Waals surface area (Å²) in [5, 5.41) is 11.6. The van der Waals surface area contributed by atoms with Crippen molar-refractivity contribution >= 4 is 23.5 Å². The lowest BCUT2D eigenvalue weighted by Crippen LogP contribution is -2.60. The van der Waals surface area contributed by atoms with Crippen molar-refractivity contribution in [1.82, 2.24) is 25.1 Å². The largest absolute Gasteiger partial charge is 0.354 e. The van der Waals surface area contributed by atoms with E-state index in [1.165, 1.54) is 24.0 Å². The van der Waals surface area contributed by atoms with Gasteiger partial charge in [-0.2, -0.15) is 25.1 Å². The van der Waals surface area contributed by atoms with Crippen molar-refractivity contribution in [2.75, 3.05) is 23.7 Å². The lowest BCUT2D eigenvalue weighted by molar-refractivity contribution is -0.310. The van der Waals surface area contributed by atoms with Gasteiger partial charge in [0.15, 0.2) is 0 Å². The van der Waals surface area contributed by atoms with Gasteiger partial charge in [0, 0.05) is 35.2 Å². The number of halogens is 1. The predicted octanol–water partition coefficient (Wildman–Crippen LogP) is 11.6. The van der Waals surface area contributed by atoms with Crippen LogP contribution in [0.5, 0.6) is 0 Å². The van der Waals surface area contributed by atoms with Crippen molar-refractivity contribution < 1.29 is 9.68 Å². The summed E-state index contributed by atoms with van der Waals surface area (Å²) >= 11 is 6.33. The molecule has 5 rings (SSSR count). The fraction of sp³-hybridized carbons (Fsp3) is 0.667. The molecule has 2 aliphatic heterocycles. The monoisotopic (exact) mass is 776 g/mol. The molecule has 55 heavy (non-hydrogen) atoms. The highest BCUT2D eigenvalue weighted by Gasteiger charge is 2.48. The molecule has 304 valence electrons. The quantitative estimate of drug-likeness (QED) is 0.123. The van der Waals surface area contributed by atoms with Crippen molar-refractivity contribution in [2.24, 2.45) is 11.8 Å². The van der Waals surface area contributed by atoms with Gasteiger partial charge in [-0.3, -0.25) is 9.68 Å². The second kappa shape index (κ2) is 18.6. The second-order valence-electron chi connectivity index (χ2n) is 18.8. The zero-order chi connectivity index (χ0) is 39.9. The first-order valence-corrected chi connectivity index (χ1v) is 21.3. The van der Waals surface area contributed by atoms with Gasteiger partial charge in [-0.15, -0.1) is 0 Å². The van der Waals surface area contributed by atoms with Crippen molar-refractivity contribution in [1.29, 1.82) is 0 Å². The maximum atomic E-state index is 6.65. The Kier molecular flexibility index (Phi) is 14.7. The molecule has 10 heteroatoms. The number of benzene rings is 2. The minimum absolute atomic E-state index is 0.0116. The summed E-state index contributed by atoms with van der Waals surface area (Å²) in [6.07, 6.45) is 11.2. The minimum Gasteiger partial charge on any atom is -0.354 e. The van der Waals surface area contributed by atoms with Gasteiger partial charge in [0.2, 0.25) is 17.2 Å². The minimum atomic E-state index is -0.0541. The van der Waals surface area contributed by atoms with Crippen LogP contribution in [0.1, 0.15) is 157 Å². The zero-order valence-electron chi connectivity index (χ0n) is 35.5. The molecule has 2 aliphatic rings. The third-order valence-electron chi connectivity index (χ3n) is 11.7. The van der Waals surface area contributed by atoms with Crippen LogP contribution in [0.4, 0.5) is 11.9 Å². The summed E-state index contributed by atoms with van der Waals surface area (Å²) in [6.45, 7) is 24.5. The molecule has 2 fully saturated rings. The van der Waals surface area contributed by atoms with E-state index in [0.29, 0.717) is 23.7 Å². The van der Waals surface area contributed by atoms with Gasteiger partial charge in [-0.1, -0.05) is 86.3 Å². The van der Waals surface area contributed by atoms with Crippen LogP contribution in [0, 0.1) is 11.8 Å². The lowest BCUT2D eigenvalue weighted by Gasteiger charge is -2.54. The molecule has 2 unspecified atom stereocenters. The Labute approximate surface area is 337 Å². The summed E-state index contributed by atoms with van der Waals surface area (Å²) in [6, 6.07) is 21.0. The number of aromatic nitrogens is 3.